The summed E-state index contributed by atoms with van der Waals surface area (Å²) in [6.45, 7) is 7.17. The van der Waals surface area contributed by atoms with Gasteiger partial charge in [0.15, 0.2) is 0 Å². The van der Waals surface area contributed by atoms with Gasteiger partial charge in [0.05, 0.1) is 31.5 Å². The zero-order valence-corrected chi connectivity index (χ0v) is 21.7. The van der Waals surface area contributed by atoms with E-state index in [1.165, 1.54) is 26.4 Å². The molecule has 0 aliphatic heterocycles. The summed E-state index contributed by atoms with van der Waals surface area (Å²) in [6.07, 6.45) is 2.07. The quantitative estimate of drug-likeness (QED) is 0.240. The first-order chi connectivity index (χ1) is 18.0. The number of aliphatic hydroxyl groups excluding tert-OH is 1. The van der Waals surface area contributed by atoms with Crippen LogP contribution in [0.2, 0.25) is 0 Å². The first-order valence-corrected chi connectivity index (χ1v) is 12.0. The number of hydrogen-bond donors (Lipinski definition) is 2. The highest BCUT2D eigenvalue weighted by atomic mass is 16.5. The van der Waals surface area contributed by atoms with Crippen molar-refractivity contribution in [2.45, 2.75) is 37.9 Å². The molecule has 0 fully saturated rings. The van der Waals surface area contributed by atoms with Gasteiger partial charge < -0.3 is 28.5 Å². The molecule has 2 aromatic heterocycles. The number of methoxy groups -OCH3 is 2. The van der Waals surface area contributed by atoms with Crippen LogP contribution in [-0.4, -0.2) is 36.1 Å². The van der Waals surface area contributed by atoms with Crippen LogP contribution < -0.4 is 20.7 Å². The molecule has 198 valence electrons. The van der Waals surface area contributed by atoms with Gasteiger partial charge >= 0.3 is 11.3 Å². The minimum absolute atomic E-state index is 0.00261. The fourth-order valence-corrected chi connectivity index (χ4v) is 4.63. The fraction of sp³-hybridized carbons (Fsp3) is 0.267. The third-order valence-electron chi connectivity index (χ3n) is 6.52. The SMILES string of the molecule is C=C(C)[C@H](O)[C@H](C[C@@](C)(O)/C=C/c1c(OC)ccc2ccc(=O)oc12)c1c(OC)ccc2ccc(=O)oc12. The number of hydrogen-bond acceptors (Lipinski definition) is 8. The standard InChI is InChI=1S/C30H30O8/c1-17(2)27(33)21(26-23(36-5)11-7-19-9-13-25(32)38-29(19)26)16-30(3,34)15-14-20-22(35-4)10-6-18-8-12-24(31)37-28(18)20/h6-15,21,27,33-34H,1,16H2,2-5H3/b15-14+/t21-,27+,30+/m1/s1. The summed E-state index contributed by atoms with van der Waals surface area (Å²) >= 11 is 0. The fourth-order valence-electron chi connectivity index (χ4n) is 4.63. The van der Waals surface area contributed by atoms with Crippen molar-refractivity contribution in [1.82, 2.24) is 0 Å². The van der Waals surface area contributed by atoms with E-state index in [-0.39, 0.29) is 12.0 Å². The molecular weight excluding hydrogens is 488 g/mol. The van der Waals surface area contributed by atoms with E-state index in [4.69, 9.17) is 18.3 Å². The van der Waals surface area contributed by atoms with Gasteiger partial charge in [-0.15, -0.1) is 0 Å². The topological polar surface area (TPSA) is 119 Å². The van der Waals surface area contributed by atoms with Crippen molar-refractivity contribution in [2.24, 2.45) is 0 Å². The molecule has 4 aromatic rings. The molecule has 0 unspecified atom stereocenters. The Morgan fingerprint density at radius 2 is 1.47 bits per heavy atom. The third-order valence-corrected chi connectivity index (χ3v) is 6.52. The van der Waals surface area contributed by atoms with Gasteiger partial charge in [0, 0.05) is 34.4 Å². The van der Waals surface area contributed by atoms with Gasteiger partial charge in [0.2, 0.25) is 0 Å². The molecule has 38 heavy (non-hydrogen) atoms. The highest BCUT2D eigenvalue weighted by Gasteiger charge is 2.34. The van der Waals surface area contributed by atoms with E-state index in [9.17, 15) is 19.8 Å². The second-order valence-corrected chi connectivity index (χ2v) is 9.50. The molecule has 2 N–H and O–H groups in total. The molecule has 0 bridgehead atoms. The molecule has 4 rings (SSSR count). The largest absolute Gasteiger partial charge is 0.496 e. The van der Waals surface area contributed by atoms with Crippen LogP contribution in [-0.2, 0) is 0 Å². The molecule has 0 spiro atoms. The normalized spacial score (nSPS) is 14.9. The minimum atomic E-state index is -1.49. The maximum Gasteiger partial charge on any atom is 0.336 e. The Morgan fingerprint density at radius 3 is 2.05 bits per heavy atom. The van der Waals surface area contributed by atoms with Crippen LogP contribution >= 0.6 is 0 Å². The Morgan fingerprint density at radius 1 is 0.947 bits per heavy atom. The monoisotopic (exact) mass is 518 g/mol. The molecule has 0 radical (unpaired) electrons. The Hall–Kier alpha value is -4.14. The summed E-state index contributed by atoms with van der Waals surface area (Å²) in [6, 6.07) is 12.9. The third kappa shape index (κ3) is 5.41. The molecule has 0 saturated carbocycles. The number of fused-ring (bicyclic) bond motifs is 2. The van der Waals surface area contributed by atoms with E-state index >= 15 is 0 Å². The zero-order chi connectivity index (χ0) is 27.6. The van der Waals surface area contributed by atoms with E-state index in [1.807, 2.05) is 0 Å². The van der Waals surface area contributed by atoms with Gasteiger partial charge in [-0.1, -0.05) is 18.2 Å². The van der Waals surface area contributed by atoms with Crippen LogP contribution in [0, 0.1) is 0 Å². The van der Waals surface area contributed by atoms with Crippen molar-refractivity contribution in [3.05, 3.63) is 98.7 Å². The summed E-state index contributed by atoms with van der Waals surface area (Å²) in [5.74, 6) is 0.0908. The molecule has 0 saturated heterocycles. The summed E-state index contributed by atoms with van der Waals surface area (Å²) in [5, 5.41) is 24.1. The predicted molar refractivity (Wildman–Crippen MR) is 146 cm³/mol. The van der Waals surface area contributed by atoms with E-state index < -0.39 is 28.9 Å². The predicted octanol–water partition coefficient (Wildman–Crippen LogP) is 4.79. The van der Waals surface area contributed by atoms with Crippen molar-refractivity contribution in [2.75, 3.05) is 14.2 Å². The van der Waals surface area contributed by atoms with Crippen molar-refractivity contribution < 1.29 is 28.5 Å². The summed E-state index contributed by atoms with van der Waals surface area (Å²) in [5.41, 5.74) is -0.586. The van der Waals surface area contributed by atoms with Gasteiger partial charge in [0.25, 0.3) is 0 Å². The lowest BCUT2D eigenvalue weighted by atomic mass is 9.80. The number of aliphatic hydroxyl groups is 2. The number of rotatable bonds is 9. The highest BCUT2D eigenvalue weighted by Crippen LogP contribution is 2.41. The molecular formula is C30H30O8. The van der Waals surface area contributed by atoms with Crippen LogP contribution in [0.3, 0.4) is 0 Å². The van der Waals surface area contributed by atoms with Crippen molar-refractivity contribution in [3.8, 4) is 11.5 Å². The molecule has 2 aromatic carbocycles. The summed E-state index contributed by atoms with van der Waals surface area (Å²) in [4.78, 5) is 24.0. The molecule has 2 heterocycles. The van der Waals surface area contributed by atoms with Gasteiger partial charge in [-0.3, -0.25) is 0 Å². The van der Waals surface area contributed by atoms with E-state index in [2.05, 4.69) is 6.58 Å². The van der Waals surface area contributed by atoms with Gasteiger partial charge in [0.1, 0.15) is 22.7 Å². The molecule has 8 heteroatoms. The lowest BCUT2D eigenvalue weighted by Crippen LogP contribution is -2.31. The second kappa shape index (κ2) is 10.7. The first kappa shape index (κ1) is 26.9. The lowest BCUT2D eigenvalue weighted by molar-refractivity contribution is 0.0676. The maximum atomic E-state index is 12.1. The molecule has 0 aliphatic carbocycles. The highest BCUT2D eigenvalue weighted by molar-refractivity contribution is 5.88. The van der Waals surface area contributed by atoms with Crippen LogP contribution in [0.25, 0.3) is 28.0 Å². The van der Waals surface area contributed by atoms with Crippen LogP contribution in [0.5, 0.6) is 11.5 Å². The van der Waals surface area contributed by atoms with Crippen LogP contribution in [0.15, 0.2) is 85.2 Å². The first-order valence-electron chi connectivity index (χ1n) is 12.0. The van der Waals surface area contributed by atoms with Crippen molar-refractivity contribution in [1.29, 1.82) is 0 Å². The van der Waals surface area contributed by atoms with E-state index in [1.54, 1.807) is 62.4 Å². The Balaban J connectivity index is 1.83. The molecule has 0 aliphatic rings. The molecule has 0 amide bonds. The molecule has 8 nitrogen and oxygen atoms in total. The maximum absolute atomic E-state index is 12.1. The van der Waals surface area contributed by atoms with Crippen LogP contribution in [0.4, 0.5) is 0 Å². The summed E-state index contributed by atoms with van der Waals surface area (Å²) in [7, 11) is 2.98. The molecule has 3 atom stereocenters. The summed E-state index contributed by atoms with van der Waals surface area (Å²) < 4.78 is 22.0. The van der Waals surface area contributed by atoms with E-state index in [0.717, 1.165) is 0 Å². The lowest BCUT2D eigenvalue weighted by Gasteiger charge is -2.31. The minimum Gasteiger partial charge on any atom is -0.496 e. The number of ether oxygens (including phenoxy) is 2. The second-order valence-electron chi connectivity index (χ2n) is 9.50. The Labute approximate surface area is 219 Å². The van der Waals surface area contributed by atoms with Crippen molar-refractivity contribution >= 4 is 28.0 Å². The van der Waals surface area contributed by atoms with Gasteiger partial charge in [-0.2, -0.15) is 0 Å². The Bertz CT molecular complexity index is 1640. The Kier molecular flexibility index (Phi) is 7.57. The smallest absolute Gasteiger partial charge is 0.336 e. The number of benzene rings is 2. The van der Waals surface area contributed by atoms with Crippen LogP contribution in [0.1, 0.15) is 37.3 Å². The average molecular weight is 519 g/mol. The zero-order valence-electron chi connectivity index (χ0n) is 21.7. The average Bonchev–Trinajstić information content (AvgIpc) is 2.89. The van der Waals surface area contributed by atoms with E-state index in [0.29, 0.717) is 44.6 Å². The van der Waals surface area contributed by atoms with Gasteiger partial charge in [-0.25, -0.2) is 9.59 Å². The van der Waals surface area contributed by atoms with Crippen molar-refractivity contribution in [3.63, 3.8) is 0 Å². The van der Waals surface area contributed by atoms with Gasteiger partial charge in [-0.05, 0) is 62.7 Å².